The molecule has 1 N–H and O–H groups in total. The maximum absolute atomic E-state index is 13.8. The molecule has 0 bridgehead atoms. The van der Waals surface area contributed by atoms with Crippen LogP contribution >= 0.6 is 11.6 Å². The van der Waals surface area contributed by atoms with Crippen LogP contribution in [0, 0.1) is 5.82 Å². The smallest absolute Gasteiger partial charge is 0.167 e. The second-order valence-corrected chi connectivity index (χ2v) is 5.97. The van der Waals surface area contributed by atoms with Crippen molar-refractivity contribution in [3.05, 3.63) is 23.1 Å². The molecule has 1 aromatic rings. The van der Waals surface area contributed by atoms with Crippen molar-refractivity contribution in [3.63, 3.8) is 0 Å². The van der Waals surface area contributed by atoms with Gasteiger partial charge in [0, 0.05) is 38.9 Å². The number of aliphatic hydroxyl groups is 1. The van der Waals surface area contributed by atoms with E-state index in [4.69, 9.17) is 11.6 Å². The number of aromatic nitrogens is 1. The molecule has 0 unspecified atom stereocenters. The fourth-order valence-corrected chi connectivity index (χ4v) is 2.45. The maximum Gasteiger partial charge on any atom is 0.167 e. The van der Waals surface area contributed by atoms with Crippen LogP contribution in [0.25, 0.3) is 0 Å². The number of halogens is 2. The first-order valence-corrected chi connectivity index (χ1v) is 6.74. The van der Waals surface area contributed by atoms with Crippen LogP contribution in [0.1, 0.15) is 13.8 Å². The number of rotatable bonds is 3. The minimum Gasteiger partial charge on any atom is -0.389 e. The number of hydrogen-bond donors (Lipinski definition) is 1. The SMILES string of the molecule is CC(C)(O)CN1CCN(c2ncc(Cl)cc2F)CC1. The summed E-state index contributed by atoms with van der Waals surface area (Å²) >= 11 is 5.69. The largest absolute Gasteiger partial charge is 0.389 e. The average Bonchev–Trinajstić information content (AvgIpc) is 2.28. The van der Waals surface area contributed by atoms with Crippen LogP contribution in [0.4, 0.5) is 10.2 Å². The minimum absolute atomic E-state index is 0.307. The molecule has 0 aromatic carbocycles. The fourth-order valence-electron chi connectivity index (χ4n) is 2.31. The quantitative estimate of drug-likeness (QED) is 0.920. The van der Waals surface area contributed by atoms with Gasteiger partial charge in [0.1, 0.15) is 0 Å². The van der Waals surface area contributed by atoms with E-state index in [1.807, 2.05) is 4.90 Å². The summed E-state index contributed by atoms with van der Waals surface area (Å²) in [4.78, 5) is 8.13. The Labute approximate surface area is 117 Å². The first-order valence-electron chi connectivity index (χ1n) is 6.36. The molecule has 0 amide bonds. The number of β-amino-alcohol motifs (C(OH)–C–C–N with tert-alkyl or cyclic N) is 1. The third kappa shape index (κ3) is 4.03. The Morgan fingerprint density at radius 3 is 2.53 bits per heavy atom. The van der Waals surface area contributed by atoms with Gasteiger partial charge in [-0.15, -0.1) is 0 Å². The molecule has 1 saturated heterocycles. The third-order valence-corrected chi connectivity index (χ3v) is 3.28. The molecule has 1 aliphatic rings. The minimum atomic E-state index is -0.702. The van der Waals surface area contributed by atoms with Crippen molar-refractivity contribution in [3.8, 4) is 0 Å². The Kier molecular flexibility index (Phi) is 4.28. The summed E-state index contributed by atoms with van der Waals surface area (Å²) in [5, 5.41) is 10.1. The van der Waals surface area contributed by atoms with E-state index in [0.29, 0.717) is 30.5 Å². The molecule has 2 rings (SSSR count). The summed E-state index contributed by atoms with van der Waals surface area (Å²) in [6, 6.07) is 1.28. The van der Waals surface area contributed by atoms with Gasteiger partial charge in [0.2, 0.25) is 0 Å². The summed E-state index contributed by atoms with van der Waals surface area (Å²) in [6.07, 6.45) is 1.46. The number of nitrogens with zero attached hydrogens (tertiary/aromatic N) is 3. The predicted octanol–water partition coefficient (Wildman–Crippen LogP) is 1.77. The standard InChI is InChI=1S/C13H19ClFN3O/c1-13(2,19)9-17-3-5-18(6-4-17)12-11(15)7-10(14)8-16-12/h7-8,19H,3-6,9H2,1-2H3. The van der Waals surface area contributed by atoms with E-state index in [0.717, 1.165) is 13.1 Å². The van der Waals surface area contributed by atoms with E-state index in [2.05, 4.69) is 9.88 Å². The van der Waals surface area contributed by atoms with Gasteiger partial charge in [-0.25, -0.2) is 9.37 Å². The molecule has 0 atom stereocenters. The Hall–Kier alpha value is -0.910. The Balaban J connectivity index is 1.96. The fraction of sp³-hybridized carbons (Fsp3) is 0.615. The molecule has 0 radical (unpaired) electrons. The summed E-state index contributed by atoms with van der Waals surface area (Å²) in [6.45, 7) is 7.17. The molecule has 2 heterocycles. The predicted molar refractivity (Wildman–Crippen MR) is 74.2 cm³/mol. The molecule has 0 saturated carbocycles. The number of pyridine rings is 1. The summed E-state index contributed by atoms with van der Waals surface area (Å²) in [5.41, 5.74) is -0.702. The lowest BCUT2D eigenvalue weighted by atomic mass is 10.1. The molecule has 0 aliphatic carbocycles. The Bertz CT molecular complexity index is 442. The van der Waals surface area contributed by atoms with Gasteiger partial charge in [-0.2, -0.15) is 0 Å². The van der Waals surface area contributed by atoms with Gasteiger partial charge < -0.3 is 10.0 Å². The van der Waals surface area contributed by atoms with Crippen molar-refractivity contribution >= 4 is 17.4 Å². The molecule has 106 valence electrons. The highest BCUT2D eigenvalue weighted by Crippen LogP contribution is 2.21. The molecule has 1 fully saturated rings. The van der Waals surface area contributed by atoms with Crippen LogP contribution in [-0.4, -0.2) is 53.3 Å². The second-order valence-electron chi connectivity index (χ2n) is 5.53. The Morgan fingerprint density at radius 1 is 1.37 bits per heavy atom. The molecule has 4 nitrogen and oxygen atoms in total. The zero-order valence-corrected chi connectivity index (χ0v) is 12.0. The molecular weight excluding hydrogens is 269 g/mol. The highest BCUT2D eigenvalue weighted by Gasteiger charge is 2.24. The van der Waals surface area contributed by atoms with E-state index in [1.54, 1.807) is 13.8 Å². The van der Waals surface area contributed by atoms with Crippen molar-refractivity contribution in [1.82, 2.24) is 9.88 Å². The van der Waals surface area contributed by atoms with Crippen LogP contribution in [-0.2, 0) is 0 Å². The zero-order valence-electron chi connectivity index (χ0n) is 11.2. The summed E-state index contributed by atoms with van der Waals surface area (Å²) in [5.74, 6) is -0.0317. The number of anilines is 1. The summed E-state index contributed by atoms with van der Waals surface area (Å²) in [7, 11) is 0. The van der Waals surface area contributed by atoms with Gasteiger partial charge in [0.05, 0.1) is 10.6 Å². The molecule has 6 heteroatoms. The van der Waals surface area contributed by atoms with Crippen LogP contribution in [0.5, 0.6) is 0 Å². The maximum atomic E-state index is 13.8. The van der Waals surface area contributed by atoms with Gasteiger partial charge in [-0.05, 0) is 19.9 Å². The van der Waals surface area contributed by atoms with Gasteiger partial charge in [-0.1, -0.05) is 11.6 Å². The zero-order chi connectivity index (χ0) is 14.0. The molecule has 19 heavy (non-hydrogen) atoms. The lowest BCUT2D eigenvalue weighted by molar-refractivity contribution is 0.0344. The topological polar surface area (TPSA) is 39.6 Å². The van der Waals surface area contributed by atoms with Gasteiger partial charge in [-0.3, -0.25) is 4.90 Å². The van der Waals surface area contributed by atoms with E-state index < -0.39 is 5.60 Å². The second kappa shape index (κ2) is 5.61. The Morgan fingerprint density at radius 2 is 2.00 bits per heavy atom. The molecular formula is C13H19ClFN3O. The van der Waals surface area contributed by atoms with Gasteiger partial charge in [0.25, 0.3) is 0 Å². The van der Waals surface area contributed by atoms with Crippen LogP contribution in [0.2, 0.25) is 5.02 Å². The highest BCUT2D eigenvalue weighted by atomic mass is 35.5. The van der Waals surface area contributed by atoms with E-state index in [-0.39, 0.29) is 5.82 Å². The summed E-state index contributed by atoms with van der Waals surface area (Å²) < 4.78 is 13.8. The lowest BCUT2D eigenvalue weighted by Crippen LogP contribution is -2.50. The number of hydrogen-bond acceptors (Lipinski definition) is 4. The number of piperazine rings is 1. The van der Waals surface area contributed by atoms with Crippen LogP contribution < -0.4 is 4.90 Å². The van der Waals surface area contributed by atoms with E-state index >= 15 is 0 Å². The van der Waals surface area contributed by atoms with Crippen molar-refractivity contribution < 1.29 is 9.50 Å². The van der Waals surface area contributed by atoms with Crippen molar-refractivity contribution in [1.29, 1.82) is 0 Å². The van der Waals surface area contributed by atoms with Crippen molar-refractivity contribution in [2.45, 2.75) is 19.4 Å². The highest BCUT2D eigenvalue weighted by molar-refractivity contribution is 6.30. The molecule has 0 spiro atoms. The third-order valence-electron chi connectivity index (χ3n) is 3.07. The van der Waals surface area contributed by atoms with E-state index in [1.165, 1.54) is 12.3 Å². The first kappa shape index (κ1) is 14.5. The normalized spacial score (nSPS) is 17.8. The van der Waals surface area contributed by atoms with Crippen molar-refractivity contribution in [2.24, 2.45) is 0 Å². The van der Waals surface area contributed by atoms with Gasteiger partial charge in [0.15, 0.2) is 11.6 Å². The average molecular weight is 288 g/mol. The van der Waals surface area contributed by atoms with Crippen LogP contribution in [0.3, 0.4) is 0 Å². The van der Waals surface area contributed by atoms with Crippen molar-refractivity contribution in [2.75, 3.05) is 37.6 Å². The molecule has 1 aliphatic heterocycles. The first-order chi connectivity index (χ1) is 8.85. The van der Waals surface area contributed by atoms with E-state index in [9.17, 15) is 9.50 Å². The molecule has 1 aromatic heterocycles. The van der Waals surface area contributed by atoms with Gasteiger partial charge >= 0.3 is 0 Å². The monoisotopic (exact) mass is 287 g/mol. The van der Waals surface area contributed by atoms with Crippen LogP contribution in [0.15, 0.2) is 12.3 Å². The lowest BCUT2D eigenvalue weighted by Gasteiger charge is -2.37.